The predicted molar refractivity (Wildman–Crippen MR) is 128 cm³/mol. The van der Waals surface area contributed by atoms with Gasteiger partial charge in [-0.25, -0.2) is 0 Å². The molecular weight excluding hydrogens is 414 g/mol. The molecule has 3 aromatic rings. The molecule has 0 N–H and O–H groups in total. The van der Waals surface area contributed by atoms with Crippen molar-refractivity contribution < 1.29 is 14.3 Å². The first kappa shape index (κ1) is 21.7. The second kappa shape index (κ2) is 9.77. The lowest BCUT2D eigenvalue weighted by Gasteiger charge is -2.32. The fraction of sp³-hybridized carbons (Fsp3) is 0.444. The quantitative estimate of drug-likeness (QED) is 0.531. The Hall–Kier alpha value is -3.15. The Morgan fingerprint density at radius 2 is 1.70 bits per heavy atom. The Bertz CT molecular complexity index is 1120. The number of ether oxygens (including phenoxy) is 2. The standard InChI is InChI=1S/C27H31N3O3/c1-32-25-9-6-20(17-26(25)33-22-4-2-3-5-22)16-19-10-14-30(15-11-19)27(31)21-7-8-23-24(18-21)29-13-12-28-23/h6-9,12-13,17-19,22H,2-5,10-11,14-16H2,1H3. The van der Waals surface area contributed by atoms with Crippen LogP contribution in [0.25, 0.3) is 11.0 Å². The van der Waals surface area contributed by atoms with Crippen LogP contribution < -0.4 is 9.47 Å². The molecule has 2 heterocycles. The fourth-order valence-corrected chi connectivity index (χ4v) is 5.08. The van der Waals surface area contributed by atoms with E-state index in [1.807, 2.05) is 29.2 Å². The SMILES string of the molecule is COc1ccc(CC2CCN(C(=O)c3ccc4nccnc4c3)CC2)cc1OC1CCCC1. The van der Waals surface area contributed by atoms with Crippen molar-refractivity contribution in [1.82, 2.24) is 14.9 Å². The second-order valence-electron chi connectivity index (χ2n) is 9.21. The molecule has 1 amide bonds. The van der Waals surface area contributed by atoms with Crippen LogP contribution in [0.5, 0.6) is 11.5 Å². The highest BCUT2D eigenvalue weighted by Crippen LogP contribution is 2.34. The summed E-state index contributed by atoms with van der Waals surface area (Å²) >= 11 is 0. The van der Waals surface area contributed by atoms with Crippen LogP contribution >= 0.6 is 0 Å². The van der Waals surface area contributed by atoms with Gasteiger partial charge < -0.3 is 14.4 Å². The first-order valence-corrected chi connectivity index (χ1v) is 12.0. The third-order valence-electron chi connectivity index (χ3n) is 6.97. The van der Waals surface area contributed by atoms with Crippen molar-refractivity contribution in [2.24, 2.45) is 5.92 Å². The van der Waals surface area contributed by atoms with Gasteiger partial charge in [0.15, 0.2) is 11.5 Å². The number of hydrogen-bond acceptors (Lipinski definition) is 5. The topological polar surface area (TPSA) is 64.5 Å². The fourth-order valence-electron chi connectivity index (χ4n) is 5.08. The molecule has 6 heteroatoms. The first-order valence-electron chi connectivity index (χ1n) is 12.0. The number of rotatable bonds is 6. The summed E-state index contributed by atoms with van der Waals surface area (Å²) in [5.41, 5.74) is 3.53. The van der Waals surface area contributed by atoms with E-state index < -0.39 is 0 Å². The third-order valence-corrected chi connectivity index (χ3v) is 6.97. The van der Waals surface area contributed by atoms with Crippen LogP contribution in [-0.4, -0.2) is 47.1 Å². The van der Waals surface area contributed by atoms with Gasteiger partial charge in [-0.2, -0.15) is 0 Å². The van der Waals surface area contributed by atoms with Crippen molar-refractivity contribution in [3.8, 4) is 11.5 Å². The summed E-state index contributed by atoms with van der Waals surface area (Å²) in [6.07, 6.45) is 11.4. The number of fused-ring (bicyclic) bond motifs is 1. The molecule has 5 rings (SSSR count). The van der Waals surface area contributed by atoms with Gasteiger partial charge in [-0.3, -0.25) is 14.8 Å². The van der Waals surface area contributed by atoms with E-state index in [1.54, 1.807) is 19.5 Å². The third kappa shape index (κ3) is 4.95. The average molecular weight is 446 g/mol. The van der Waals surface area contributed by atoms with Crippen molar-refractivity contribution in [2.45, 2.75) is 51.0 Å². The molecule has 0 atom stereocenters. The number of benzene rings is 2. The molecule has 1 aliphatic heterocycles. The summed E-state index contributed by atoms with van der Waals surface area (Å²) in [5.74, 6) is 2.32. The molecule has 0 unspecified atom stereocenters. The van der Waals surface area contributed by atoms with Crippen LogP contribution in [-0.2, 0) is 6.42 Å². The van der Waals surface area contributed by atoms with Crippen molar-refractivity contribution >= 4 is 16.9 Å². The van der Waals surface area contributed by atoms with Gasteiger partial charge in [0.2, 0.25) is 0 Å². The summed E-state index contributed by atoms with van der Waals surface area (Å²) in [5, 5.41) is 0. The number of carbonyl (C=O) groups is 1. The molecule has 0 bridgehead atoms. The first-order chi connectivity index (χ1) is 16.2. The molecule has 2 aromatic carbocycles. The van der Waals surface area contributed by atoms with E-state index >= 15 is 0 Å². The van der Waals surface area contributed by atoms with Crippen LogP contribution in [0.2, 0.25) is 0 Å². The van der Waals surface area contributed by atoms with Crippen LogP contribution in [0.15, 0.2) is 48.8 Å². The molecule has 1 aliphatic carbocycles. The number of methoxy groups -OCH3 is 1. The van der Waals surface area contributed by atoms with E-state index in [0.29, 0.717) is 17.6 Å². The maximum Gasteiger partial charge on any atom is 0.253 e. The van der Waals surface area contributed by atoms with Crippen LogP contribution in [0.1, 0.15) is 54.4 Å². The lowest BCUT2D eigenvalue weighted by atomic mass is 9.89. The van der Waals surface area contributed by atoms with Crippen molar-refractivity contribution in [1.29, 1.82) is 0 Å². The lowest BCUT2D eigenvalue weighted by molar-refractivity contribution is 0.0690. The molecule has 6 nitrogen and oxygen atoms in total. The second-order valence-corrected chi connectivity index (χ2v) is 9.21. The van der Waals surface area contributed by atoms with E-state index in [4.69, 9.17) is 9.47 Å². The molecule has 1 saturated carbocycles. The highest BCUT2D eigenvalue weighted by molar-refractivity contribution is 5.97. The van der Waals surface area contributed by atoms with Crippen LogP contribution in [0, 0.1) is 5.92 Å². The molecule has 1 aromatic heterocycles. The Morgan fingerprint density at radius 1 is 0.939 bits per heavy atom. The molecular formula is C27H31N3O3. The highest BCUT2D eigenvalue weighted by Gasteiger charge is 2.25. The minimum atomic E-state index is 0.0812. The minimum Gasteiger partial charge on any atom is -0.493 e. The van der Waals surface area contributed by atoms with E-state index in [1.165, 1.54) is 18.4 Å². The zero-order valence-electron chi connectivity index (χ0n) is 19.2. The molecule has 1 saturated heterocycles. The number of piperidine rings is 1. The van der Waals surface area contributed by atoms with Gasteiger partial charge in [0.05, 0.1) is 24.2 Å². The number of hydrogen-bond donors (Lipinski definition) is 0. The maximum absolute atomic E-state index is 13.0. The smallest absolute Gasteiger partial charge is 0.253 e. The minimum absolute atomic E-state index is 0.0812. The summed E-state index contributed by atoms with van der Waals surface area (Å²) in [6.45, 7) is 1.56. The van der Waals surface area contributed by atoms with Crippen LogP contribution in [0.4, 0.5) is 0 Å². The van der Waals surface area contributed by atoms with Crippen molar-refractivity contribution in [3.63, 3.8) is 0 Å². The zero-order chi connectivity index (χ0) is 22.6. The van der Waals surface area contributed by atoms with Gasteiger partial charge in [-0.1, -0.05) is 6.07 Å². The largest absolute Gasteiger partial charge is 0.493 e. The van der Waals surface area contributed by atoms with Gasteiger partial charge in [0.1, 0.15) is 0 Å². The number of aromatic nitrogens is 2. The van der Waals surface area contributed by atoms with Crippen molar-refractivity contribution in [3.05, 3.63) is 59.9 Å². The summed E-state index contributed by atoms with van der Waals surface area (Å²) in [7, 11) is 1.70. The normalized spacial score (nSPS) is 17.4. The van der Waals surface area contributed by atoms with Crippen LogP contribution in [0.3, 0.4) is 0 Å². The van der Waals surface area contributed by atoms with E-state index in [0.717, 1.165) is 67.7 Å². The average Bonchev–Trinajstić information content (AvgIpc) is 3.37. The van der Waals surface area contributed by atoms with Gasteiger partial charge in [0.25, 0.3) is 5.91 Å². The summed E-state index contributed by atoms with van der Waals surface area (Å²) in [4.78, 5) is 23.6. The number of amides is 1. The Labute approximate surface area is 194 Å². The van der Waals surface area contributed by atoms with E-state index in [-0.39, 0.29) is 5.91 Å². The van der Waals surface area contributed by atoms with E-state index in [9.17, 15) is 4.79 Å². The van der Waals surface area contributed by atoms with Crippen molar-refractivity contribution in [2.75, 3.05) is 20.2 Å². The van der Waals surface area contributed by atoms with Gasteiger partial charge in [-0.05, 0) is 86.8 Å². The lowest BCUT2D eigenvalue weighted by Crippen LogP contribution is -2.38. The number of likely N-dealkylation sites (tertiary alicyclic amines) is 1. The Kier molecular flexibility index (Phi) is 6.42. The molecule has 33 heavy (non-hydrogen) atoms. The molecule has 2 fully saturated rings. The summed E-state index contributed by atoms with van der Waals surface area (Å²) < 4.78 is 11.8. The zero-order valence-corrected chi connectivity index (χ0v) is 19.2. The number of nitrogens with zero attached hydrogens (tertiary/aromatic N) is 3. The van der Waals surface area contributed by atoms with E-state index in [2.05, 4.69) is 22.1 Å². The maximum atomic E-state index is 13.0. The van der Waals surface area contributed by atoms with Gasteiger partial charge >= 0.3 is 0 Å². The van der Waals surface area contributed by atoms with Gasteiger partial charge in [-0.15, -0.1) is 0 Å². The molecule has 172 valence electrons. The van der Waals surface area contributed by atoms with Gasteiger partial charge in [0, 0.05) is 31.0 Å². The Balaban J connectivity index is 1.20. The monoisotopic (exact) mass is 445 g/mol. The highest BCUT2D eigenvalue weighted by atomic mass is 16.5. The molecule has 0 spiro atoms. The molecule has 2 aliphatic rings. The Morgan fingerprint density at radius 3 is 2.45 bits per heavy atom. The number of carbonyl (C=O) groups excluding carboxylic acids is 1. The summed E-state index contributed by atoms with van der Waals surface area (Å²) in [6, 6.07) is 11.9. The molecule has 0 radical (unpaired) electrons. The predicted octanol–water partition coefficient (Wildman–Crippen LogP) is 5.05.